The average Bonchev–Trinajstić information content (AvgIpc) is 3.33. The number of amides is 3. The molecule has 0 bridgehead atoms. The highest BCUT2D eigenvalue weighted by molar-refractivity contribution is 6.02. The molecule has 0 atom stereocenters. The van der Waals surface area contributed by atoms with Gasteiger partial charge in [0.15, 0.2) is 0 Å². The first kappa shape index (κ1) is 16.5. The Kier molecular flexibility index (Phi) is 5.02. The SMILES string of the molecule is CCC1CCC(N(C(=O)CCN2C(=O)CCC2=O)C2CC2)CC1. The van der Waals surface area contributed by atoms with Crippen molar-refractivity contribution in [3.05, 3.63) is 0 Å². The standard InChI is InChI=1S/C18H28N2O3/c1-2-13-3-5-14(6-4-13)20(15-7-8-15)18(23)11-12-19-16(21)9-10-17(19)22/h13-15H,2-12H2,1H3. The summed E-state index contributed by atoms with van der Waals surface area (Å²) in [6.45, 7) is 2.52. The number of carbonyl (C=O) groups excluding carboxylic acids is 3. The number of carbonyl (C=O) groups is 3. The van der Waals surface area contributed by atoms with E-state index in [1.54, 1.807) is 0 Å². The summed E-state index contributed by atoms with van der Waals surface area (Å²) in [6.07, 6.45) is 9.04. The first-order valence-corrected chi connectivity index (χ1v) is 9.24. The normalized spacial score (nSPS) is 28.3. The van der Waals surface area contributed by atoms with Gasteiger partial charge in [0, 0.05) is 37.9 Å². The van der Waals surface area contributed by atoms with Gasteiger partial charge in [0.2, 0.25) is 17.7 Å². The molecule has 0 aromatic carbocycles. The number of hydrogen-bond acceptors (Lipinski definition) is 3. The lowest BCUT2D eigenvalue weighted by molar-refractivity contribution is -0.140. The van der Waals surface area contributed by atoms with E-state index in [1.165, 1.54) is 24.2 Å². The van der Waals surface area contributed by atoms with Gasteiger partial charge in [-0.25, -0.2) is 0 Å². The first-order valence-electron chi connectivity index (χ1n) is 9.24. The zero-order valence-electron chi connectivity index (χ0n) is 14.1. The summed E-state index contributed by atoms with van der Waals surface area (Å²) < 4.78 is 0. The Balaban J connectivity index is 1.55. The smallest absolute Gasteiger partial charge is 0.229 e. The topological polar surface area (TPSA) is 57.7 Å². The molecule has 2 aliphatic carbocycles. The molecule has 1 heterocycles. The summed E-state index contributed by atoms with van der Waals surface area (Å²) in [5.41, 5.74) is 0. The van der Waals surface area contributed by atoms with Gasteiger partial charge < -0.3 is 4.90 Å². The summed E-state index contributed by atoms with van der Waals surface area (Å²) in [6, 6.07) is 0.790. The monoisotopic (exact) mass is 320 g/mol. The molecule has 1 aliphatic heterocycles. The third-order valence-corrected chi connectivity index (χ3v) is 5.72. The Bertz CT molecular complexity index is 463. The molecule has 2 saturated carbocycles. The van der Waals surface area contributed by atoms with Gasteiger partial charge in [0.1, 0.15) is 0 Å². The Morgan fingerprint density at radius 1 is 1.00 bits per heavy atom. The van der Waals surface area contributed by atoms with E-state index in [0.717, 1.165) is 31.6 Å². The van der Waals surface area contributed by atoms with Gasteiger partial charge in [-0.3, -0.25) is 19.3 Å². The minimum Gasteiger partial charge on any atom is -0.337 e. The second-order valence-electron chi connectivity index (χ2n) is 7.30. The molecule has 128 valence electrons. The molecule has 5 nitrogen and oxygen atoms in total. The molecule has 23 heavy (non-hydrogen) atoms. The highest BCUT2D eigenvalue weighted by Gasteiger charge is 2.39. The highest BCUT2D eigenvalue weighted by atomic mass is 16.2. The minimum absolute atomic E-state index is 0.121. The Hall–Kier alpha value is -1.39. The minimum atomic E-state index is -0.121. The second kappa shape index (κ2) is 7.02. The van der Waals surface area contributed by atoms with Crippen LogP contribution >= 0.6 is 0 Å². The number of imide groups is 1. The second-order valence-corrected chi connectivity index (χ2v) is 7.30. The Morgan fingerprint density at radius 2 is 1.52 bits per heavy atom. The van der Waals surface area contributed by atoms with Crippen LogP contribution in [0, 0.1) is 5.92 Å². The molecule has 0 aromatic heterocycles. The summed E-state index contributed by atoms with van der Waals surface area (Å²) in [4.78, 5) is 39.4. The van der Waals surface area contributed by atoms with Gasteiger partial charge in [0.25, 0.3) is 0 Å². The van der Waals surface area contributed by atoms with Crippen LogP contribution in [0.2, 0.25) is 0 Å². The number of nitrogens with zero attached hydrogens (tertiary/aromatic N) is 2. The van der Waals surface area contributed by atoms with Crippen LogP contribution in [-0.4, -0.2) is 46.1 Å². The van der Waals surface area contributed by atoms with Crippen molar-refractivity contribution in [1.82, 2.24) is 9.80 Å². The molecule has 3 rings (SSSR count). The molecular weight excluding hydrogens is 292 g/mol. The fourth-order valence-electron chi connectivity index (χ4n) is 4.10. The van der Waals surface area contributed by atoms with E-state index in [1.807, 2.05) is 0 Å². The van der Waals surface area contributed by atoms with E-state index in [-0.39, 0.29) is 24.3 Å². The van der Waals surface area contributed by atoms with Gasteiger partial charge in [-0.2, -0.15) is 0 Å². The molecular formula is C18H28N2O3. The van der Waals surface area contributed by atoms with Crippen molar-refractivity contribution in [2.24, 2.45) is 5.92 Å². The molecule has 0 spiro atoms. The maximum Gasteiger partial charge on any atom is 0.229 e. The third kappa shape index (κ3) is 3.75. The molecule has 0 radical (unpaired) electrons. The predicted molar refractivity (Wildman–Crippen MR) is 86.5 cm³/mol. The molecule has 3 fully saturated rings. The van der Waals surface area contributed by atoms with Crippen LogP contribution in [0.25, 0.3) is 0 Å². The van der Waals surface area contributed by atoms with Crippen LogP contribution in [0.15, 0.2) is 0 Å². The van der Waals surface area contributed by atoms with Crippen molar-refractivity contribution < 1.29 is 14.4 Å². The van der Waals surface area contributed by atoms with Crippen LogP contribution in [0.1, 0.15) is 71.1 Å². The summed E-state index contributed by atoms with van der Waals surface area (Å²) in [5.74, 6) is 0.718. The number of hydrogen-bond donors (Lipinski definition) is 0. The molecule has 3 aliphatic rings. The molecule has 3 amide bonds. The Labute approximate surface area is 138 Å². The largest absolute Gasteiger partial charge is 0.337 e. The fraction of sp³-hybridized carbons (Fsp3) is 0.833. The van der Waals surface area contributed by atoms with E-state index in [4.69, 9.17) is 0 Å². The zero-order chi connectivity index (χ0) is 16.4. The molecule has 5 heteroatoms. The van der Waals surface area contributed by atoms with Gasteiger partial charge in [0.05, 0.1) is 0 Å². The van der Waals surface area contributed by atoms with E-state index in [9.17, 15) is 14.4 Å². The Morgan fingerprint density at radius 3 is 2.00 bits per heavy atom. The average molecular weight is 320 g/mol. The van der Waals surface area contributed by atoms with Gasteiger partial charge in [-0.05, 0) is 44.4 Å². The molecule has 1 saturated heterocycles. The van der Waals surface area contributed by atoms with Gasteiger partial charge >= 0.3 is 0 Å². The molecule has 0 unspecified atom stereocenters. The van der Waals surface area contributed by atoms with E-state index >= 15 is 0 Å². The van der Waals surface area contributed by atoms with E-state index in [2.05, 4.69) is 11.8 Å². The van der Waals surface area contributed by atoms with Gasteiger partial charge in [-0.15, -0.1) is 0 Å². The lowest BCUT2D eigenvalue weighted by Crippen LogP contribution is -2.45. The fourth-order valence-corrected chi connectivity index (χ4v) is 4.10. The highest BCUT2D eigenvalue weighted by Crippen LogP contribution is 2.36. The van der Waals surface area contributed by atoms with E-state index < -0.39 is 0 Å². The van der Waals surface area contributed by atoms with E-state index in [0.29, 0.717) is 31.3 Å². The van der Waals surface area contributed by atoms with Crippen LogP contribution in [0.3, 0.4) is 0 Å². The quantitative estimate of drug-likeness (QED) is 0.707. The third-order valence-electron chi connectivity index (χ3n) is 5.72. The molecule has 0 aromatic rings. The van der Waals surface area contributed by atoms with Crippen molar-refractivity contribution in [2.75, 3.05) is 6.54 Å². The van der Waals surface area contributed by atoms with Crippen LogP contribution in [-0.2, 0) is 14.4 Å². The summed E-state index contributed by atoms with van der Waals surface area (Å²) >= 11 is 0. The lowest BCUT2D eigenvalue weighted by Gasteiger charge is -2.37. The van der Waals surface area contributed by atoms with Crippen LogP contribution < -0.4 is 0 Å². The van der Waals surface area contributed by atoms with Crippen LogP contribution in [0.4, 0.5) is 0 Å². The summed E-state index contributed by atoms with van der Waals surface area (Å²) in [5, 5.41) is 0. The van der Waals surface area contributed by atoms with Crippen LogP contribution in [0.5, 0.6) is 0 Å². The number of likely N-dealkylation sites (tertiary alicyclic amines) is 1. The lowest BCUT2D eigenvalue weighted by atomic mass is 9.83. The van der Waals surface area contributed by atoms with Crippen molar-refractivity contribution in [1.29, 1.82) is 0 Å². The van der Waals surface area contributed by atoms with Crippen molar-refractivity contribution in [2.45, 2.75) is 83.2 Å². The first-order chi connectivity index (χ1) is 11.1. The maximum absolute atomic E-state index is 12.7. The van der Waals surface area contributed by atoms with Gasteiger partial charge in [-0.1, -0.05) is 13.3 Å². The maximum atomic E-state index is 12.7. The van der Waals surface area contributed by atoms with Crippen molar-refractivity contribution >= 4 is 17.7 Å². The molecule has 0 N–H and O–H groups in total. The zero-order valence-corrected chi connectivity index (χ0v) is 14.1. The number of rotatable bonds is 6. The predicted octanol–water partition coefficient (Wildman–Crippen LogP) is 2.49. The summed E-state index contributed by atoms with van der Waals surface area (Å²) in [7, 11) is 0. The van der Waals surface area contributed by atoms with Crippen molar-refractivity contribution in [3.8, 4) is 0 Å². The van der Waals surface area contributed by atoms with Crippen molar-refractivity contribution in [3.63, 3.8) is 0 Å².